The summed E-state index contributed by atoms with van der Waals surface area (Å²) < 4.78 is 5.71. The number of fused-ring (bicyclic) bond motifs is 1. The van der Waals surface area contributed by atoms with Crippen LogP contribution in [0.1, 0.15) is 6.42 Å². The molecule has 6 heteroatoms. The number of nitrogens with zero attached hydrogens (tertiary/aromatic N) is 2. The van der Waals surface area contributed by atoms with Crippen molar-refractivity contribution in [2.24, 2.45) is 0 Å². The van der Waals surface area contributed by atoms with Crippen LogP contribution in [-0.2, 0) is 0 Å². The average molecular weight is 285 g/mol. The Kier molecular flexibility index (Phi) is 3.35. The van der Waals surface area contributed by atoms with Crippen LogP contribution < -0.4 is 15.4 Å². The Labute approximate surface area is 121 Å². The third kappa shape index (κ3) is 2.47. The van der Waals surface area contributed by atoms with Gasteiger partial charge in [0.15, 0.2) is 0 Å². The number of para-hydroxylation sites is 2. The summed E-state index contributed by atoms with van der Waals surface area (Å²) >= 11 is 0. The van der Waals surface area contributed by atoms with Crippen molar-refractivity contribution < 1.29 is 9.66 Å². The van der Waals surface area contributed by atoms with Gasteiger partial charge in [0.1, 0.15) is 5.75 Å². The van der Waals surface area contributed by atoms with Gasteiger partial charge < -0.3 is 15.4 Å². The molecule has 6 nitrogen and oxygen atoms in total. The predicted molar refractivity (Wildman–Crippen MR) is 81.1 cm³/mol. The number of benzene rings is 2. The van der Waals surface area contributed by atoms with Gasteiger partial charge in [0.25, 0.3) is 5.69 Å². The van der Waals surface area contributed by atoms with E-state index in [4.69, 9.17) is 10.5 Å². The van der Waals surface area contributed by atoms with Crippen molar-refractivity contribution in [1.82, 2.24) is 0 Å². The van der Waals surface area contributed by atoms with Crippen molar-refractivity contribution in [2.75, 3.05) is 23.8 Å². The third-order valence-corrected chi connectivity index (χ3v) is 3.45. The van der Waals surface area contributed by atoms with Crippen LogP contribution in [0.15, 0.2) is 42.5 Å². The van der Waals surface area contributed by atoms with Crippen LogP contribution in [0.5, 0.6) is 5.75 Å². The number of hydrogen-bond acceptors (Lipinski definition) is 5. The molecule has 1 heterocycles. The monoisotopic (exact) mass is 285 g/mol. The zero-order valence-corrected chi connectivity index (χ0v) is 11.4. The van der Waals surface area contributed by atoms with Gasteiger partial charge in [-0.3, -0.25) is 10.1 Å². The van der Waals surface area contributed by atoms with Crippen molar-refractivity contribution in [2.45, 2.75) is 6.42 Å². The number of rotatable bonds is 2. The fraction of sp³-hybridized carbons (Fsp3) is 0.200. The van der Waals surface area contributed by atoms with Crippen molar-refractivity contribution in [1.29, 1.82) is 0 Å². The topological polar surface area (TPSA) is 81.6 Å². The van der Waals surface area contributed by atoms with E-state index in [9.17, 15) is 10.1 Å². The molecular formula is C15H15N3O3. The van der Waals surface area contributed by atoms with E-state index in [-0.39, 0.29) is 5.69 Å². The molecule has 0 unspecified atom stereocenters. The largest absolute Gasteiger partial charge is 0.491 e. The van der Waals surface area contributed by atoms with Gasteiger partial charge in [0.2, 0.25) is 0 Å². The first kappa shape index (κ1) is 13.2. The minimum Gasteiger partial charge on any atom is -0.491 e. The number of hydrogen-bond donors (Lipinski definition) is 1. The summed E-state index contributed by atoms with van der Waals surface area (Å²) in [5.41, 5.74) is 8.09. The average Bonchev–Trinajstić information content (AvgIpc) is 2.69. The highest BCUT2D eigenvalue weighted by Crippen LogP contribution is 2.39. The zero-order valence-electron chi connectivity index (χ0n) is 11.4. The van der Waals surface area contributed by atoms with E-state index in [0.717, 1.165) is 30.1 Å². The van der Waals surface area contributed by atoms with Gasteiger partial charge in [0, 0.05) is 18.7 Å². The summed E-state index contributed by atoms with van der Waals surface area (Å²) in [6.45, 7) is 1.39. The molecule has 2 N–H and O–H groups in total. The smallest absolute Gasteiger partial charge is 0.271 e. The molecule has 0 aliphatic carbocycles. The number of nitrogen functional groups attached to an aromatic ring is 1. The Hall–Kier alpha value is -2.76. The SMILES string of the molecule is Nc1cc([N+](=O)[O-])ccc1N1CCCOc2ccccc21. The van der Waals surface area contributed by atoms with Crippen LogP contribution in [-0.4, -0.2) is 18.1 Å². The molecule has 21 heavy (non-hydrogen) atoms. The third-order valence-electron chi connectivity index (χ3n) is 3.45. The van der Waals surface area contributed by atoms with Crippen molar-refractivity contribution in [3.8, 4) is 5.75 Å². The minimum atomic E-state index is -0.445. The van der Waals surface area contributed by atoms with Crippen molar-refractivity contribution >= 4 is 22.7 Å². The van der Waals surface area contributed by atoms with E-state index in [2.05, 4.69) is 0 Å². The molecule has 0 atom stereocenters. The Morgan fingerprint density at radius 1 is 1.19 bits per heavy atom. The van der Waals surface area contributed by atoms with E-state index < -0.39 is 4.92 Å². The van der Waals surface area contributed by atoms with Crippen molar-refractivity contribution in [3.05, 3.63) is 52.6 Å². The fourth-order valence-corrected chi connectivity index (χ4v) is 2.48. The molecule has 1 aliphatic rings. The molecule has 0 aromatic heterocycles. The van der Waals surface area contributed by atoms with Gasteiger partial charge in [-0.15, -0.1) is 0 Å². The first-order valence-corrected chi connectivity index (χ1v) is 6.70. The zero-order chi connectivity index (χ0) is 14.8. The summed E-state index contributed by atoms with van der Waals surface area (Å²) in [6.07, 6.45) is 0.852. The summed E-state index contributed by atoms with van der Waals surface area (Å²) in [4.78, 5) is 12.4. The molecule has 0 saturated carbocycles. The van der Waals surface area contributed by atoms with E-state index in [0.29, 0.717) is 12.3 Å². The number of non-ortho nitro benzene ring substituents is 1. The molecule has 108 valence electrons. The minimum absolute atomic E-state index is 0.00407. The van der Waals surface area contributed by atoms with Crippen LogP contribution in [0.25, 0.3) is 0 Å². The number of nitro benzene ring substituents is 1. The van der Waals surface area contributed by atoms with Crippen molar-refractivity contribution in [3.63, 3.8) is 0 Å². The number of nitro groups is 1. The highest BCUT2D eigenvalue weighted by Gasteiger charge is 2.20. The molecule has 2 aromatic carbocycles. The van der Waals surface area contributed by atoms with E-state index >= 15 is 0 Å². The highest BCUT2D eigenvalue weighted by atomic mass is 16.6. The second-order valence-electron chi connectivity index (χ2n) is 4.82. The van der Waals surface area contributed by atoms with Gasteiger partial charge in [0.05, 0.1) is 28.6 Å². The van der Waals surface area contributed by atoms with Crippen LogP contribution in [0, 0.1) is 10.1 Å². The molecule has 1 aliphatic heterocycles. The standard InChI is InChI=1S/C15H15N3O3/c16-12-10-11(18(19)20)6-7-13(12)17-8-3-9-21-15-5-2-1-4-14(15)17/h1-2,4-7,10H,3,8-9,16H2. The second kappa shape index (κ2) is 5.32. The molecule has 3 rings (SSSR count). The molecule has 0 spiro atoms. The molecule has 0 fully saturated rings. The normalized spacial score (nSPS) is 14.0. The predicted octanol–water partition coefficient (Wildman–Crippen LogP) is 3.10. The van der Waals surface area contributed by atoms with Gasteiger partial charge in [-0.05, 0) is 24.6 Å². The first-order valence-electron chi connectivity index (χ1n) is 6.70. The Morgan fingerprint density at radius 2 is 2.00 bits per heavy atom. The number of anilines is 3. The lowest BCUT2D eigenvalue weighted by Crippen LogP contribution is -2.19. The first-order chi connectivity index (χ1) is 10.2. The maximum absolute atomic E-state index is 10.8. The van der Waals surface area contributed by atoms with E-state index in [1.165, 1.54) is 12.1 Å². The maximum Gasteiger partial charge on any atom is 0.271 e. The summed E-state index contributed by atoms with van der Waals surface area (Å²) in [7, 11) is 0. The second-order valence-corrected chi connectivity index (χ2v) is 4.82. The summed E-state index contributed by atoms with van der Waals surface area (Å²) in [5.74, 6) is 0.799. The lowest BCUT2D eigenvalue weighted by molar-refractivity contribution is -0.384. The Balaban J connectivity index is 2.06. The summed E-state index contributed by atoms with van der Waals surface area (Å²) in [5, 5.41) is 10.8. The fourth-order valence-electron chi connectivity index (χ4n) is 2.48. The Morgan fingerprint density at radius 3 is 2.76 bits per heavy atom. The van der Waals surface area contributed by atoms with Gasteiger partial charge in [-0.25, -0.2) is 0 Å². The molecule has 0 amide bonds. The molecule has 0 radical (unpaired) electrons. The lowest BCUT2D eigenvalue weighted by atomic mass is 10.2. The number of nitrogens with two attached hydrogens (primary N) is 1. The molecule has 2 aromatic rings. The van der Waals surface area contributed by atoms with E-state index in [1.54, 1.807) is 6.07 Å². The van der Waals surface area contributed by atoms with E-state index in [1.807, 2.05) is 29.2 Å². The molecular weight excluding hydrogens is 270 g/mol. The summed E-state index contributed by atoms with van der Waals surface area (Å²) in [6, 6.07) is 12.3. The van der Waals surface area contributed by atoms with Crippen LogP contribution in [0.4, 0.5) is 22.7 Å². The molecule has 0 bridgehead atoms. The quantitative estimate of drug-likeness (QED) is 0.521. The Bertz CT molecular complexity index is 688. The van der Waals surface area contributed by atoms with Gasteiger partial charge >= 0.3 is 0 Å². The van der Waals surface area contributed by atoms with Gasteiger partial charge in [-0.1, -0.05) is 12.1 Å². The van der Waals surface area contributed by atoms with Crippen LogP contribution in [0.3, 0.4) is 0 Å². The van der Waals surface area contributed by atoms with Gasteiger partial charge in [-0.2, -0.15) is 0 Å². The number of ether oxygens (including phenoxy) is 1. The van der Waals surface area contributed by atoms with Crippen LogP contribution in [0.2, 0.25) is 0 Å². The lowest BCUT2D eigenvalue weighted by Gasteiger charge is -2.25. The maximum atomic E-state index is 10.8. The highest BCUT2D eigenvalue weighted by molar-refractivity contribution is 5.79. The molecule has 0 saturated heterocycles. The van der Waals surface area contributed by atoms with Crippen LogP contribution >= 0.6 is 0 Å².